The molecule has 0 unspecified atom stereocenters. The van der Waals surface area contributed by atoms with Gasteiger partial charge in [0.1, 0.15) is 5.54 Å². The normalized spacial score (nSPS) is 31.4. The van der Waals surface area contributed by atoms with Gasteiger partial charge in [-0.25, -0.2) is 4.79 Å². The Kier molecular flexibility index (Phi) is 3.49. The van der Waals surface area contributed by atoms with E-state index in [1.807, 2.05) is 0 Å². The van der Waals surface area contributed by atoms with E-state index in [-0.39, 0.29) is 12.0 Å². The highest BCUT2D eigenvalue weighted by atomic mass is 16.6. The summed E-state index contributed by atoms with van der Waals surface area (Å²) in [6.07, 6.45) is 5.51. The van der Waals surface area contributed by atoms with Gasteiger partial charge in [0.05, 0.1) is 5.92 Å². The Hall–Kier alpha value is -0.940. The van der Waals surface area contributed by atoms with E-state index in [2.05, 4.69) is 0 Å². The summed E-state index contributed by atoms with van der Waals surface area (Å²) in [4.78, 5) is 23.6. The molecule has 0 aliphatic heterocycles. The van der Waals surface area contributed by atoms with Gasteiger partial charge in [-0.05, 0) is 25.7 Å². The van der Waals surface area contributed by atoms with Crippen LogP contribution in [0.3, 0.4) is 0 Å². The lowest BCUT2D eigenvalue weighted by Crippen LogP contribution is -2.48. The third kappa shape index (κ3) is 2.50. The lowest BCUT2D eigenvalue weighted by molar-refractivity contribution is -0.166. The summed E-state index contributed by atoms with van der Waals surface area (Å²) in [5.74, 6) is -1.39. The summed E-state index contributed by atoms with van der Waals surface area (Å²) in [6.45, 7) is 0. The maximum atomic E-state index is 11.8. The number of rotatable bonds is 2. The number of hydrogen-bond acceptors (Lipinski definition) is 5. The lowest BCUT2D eigenvalue weighted by atomic mass is 9.99. The van der Waals surface area contributed by atoms with Gasteiger partial charge >= 0.3 is 11.9 Å². The topological polar surface area (TPSA) is 95.4 Å². The van der Waals surface area contributed by atoms with Crippen LogP contribution in [0.5, 0.6) is 0 Å². The van der Waals surface area contributed by atoms with Crippen LogP contribution < -0.4 is 11.5 Å². The van der Waals surface area contributed by atoms with Crippen molar-refractivity contribution < 1.29 is 14.3 Å². The van der Waals surface area contributed by atoms with Gasteiger partial charge in [0.15, 0.2) is 0 Å². The number of ether oxygens (including phenoxy) is 1. The fraction of sp³-hybridized carbons (Fsp3) is 0.833. The number of carbonyl (C=O) groups excluding carboxylic acids is 2. The van der Waals surface area contributed by atoms with Crippen molar-refractivity contribution in [3.63, 3.8) is 0 Å². The molecule has 0 radical (unpaired) electrons. The van der Waals surface area contributed by atoms with Gasteiger partial charge in [0.25, 0.3) is 0 Å². The van der Waals surface area contributed by atoms with E-state index in [9.17, 15) is 9.59 Å². The SMILES string of the molecule is N[C@H]1CCC[C@H]1C(=O)OC(=O)C1(N)CCCC1. The summed E-state index contributed by atoms with van der Waals surface area (Å²) in [6, 6.07) is -0.174. The maximum Gasteiger partial charge on any atom is 0.333 e. The van der Waals surface area contributed by atoms with Crippen LogP contribution in [0.4, 0.5) is 0 Å². The average Bonchev–Trinajstić information content (AvgIpc) is 2.88. The largest absolute Gasteiger partial charge is 0.392 e. The van der Waals surface area contributed by atoms with E-state index in [0.717, 1.165) is 25.7 Å². The van der Waals surface area contributed by atoms with Crippen LogP contribution in [-0.4, -0.2) is 23.5 Å². The van der Waals surface area contributed by atoms with Crippen molar-refractivity contribution in [2.45, 2.75) is 56.5 Å². The molecular formula is C12H20N2O3. The zero-order valence-corrected chi connectivity index (χ0v) is 9.98. The van der Waals surface area contributed by atoms with Crippen molar-refractivity contribution in [1.29, 1.82) is 0 Å². The van der Waals surface area contributed by atoms with E-state index in [1.165, 1.54) is 0 Å². The second-order valence-electron chi connectivity index (χ2n) is 5.27. The van der Waals surface area contributed by atoms with E-state index in [4.69, 9.17) is 16.2 Å². The molecule has 0 aromatic rings. The zero-order chi connectivity index (χ0) is 12.5. The first-order chi connectivity index (χ1) is 8.03. The minimum absolute atomic E-state index is 0.174. The van der Waals surface area contributed by atoms with Crippen molar-refractivity contribution in [2.75, 3.05) is 0 Å². The van der Waals surface area contributed by atoms with Gasteiger partial charge in [0, 0.05) is 6.04 Å². The lowest BCUT2D eigenvalue weighted by Gasteiger charge is -2.22. The third-order valence-corrected chi connectivity index (χ3v) is 3.97. The smallest absolute Gasteiger partial charge is 0.333 e. The first-order valence-corrected chi connectivity index (χ1v) is 6.33. The van der Waals surface area contributed by atoms with E-state index >= 15 is 0 Å². The molecule has 17 heavy (non-hydrogen) atoms. The second kappa shape index (κ2) is 4.74. The zero-order valence-electron chi connectivity index (χ0n) is 9.98. The Labute approximate surface area is 101 Å². The summed E-state index contributed by atoms with van der Waals surface area (Å²) < 4.78 is 4.91. The van der Waals surface area contributed by atoms with E-state index in [1.54, 1.807) is 0 Å². The fourth-order valence-corrected chi connectivity index (χ4v) is 2.76. The molecule has 2 rings (SSSR count). The minimum Gasteiger partial charge on any atom is -0.392 e. The highest BCUT2D eigenvalue weighted by molar-refractivity contribution is 5.92. The van der Waals surface area contributed by atoms with Gasteiger partial charge in [0.2, 0.25) is 0 Å². The molecule has 0 heterocycles. The third-order valence-electron chi connectivity index (χ3n) is 3.97. The summed E-state index contributed by atoms with van der Waals surface area (Å²) in [5, 5.41) is 0. The van der Waals surface area contributed by atoms with Gasteiger partial charge in [-0.2, -0.15) is 0 Å². The van der Waals surface area contributed by atoms with Crippen LogP contribution >= 0.6 is 0 Å². The molecule has 2 saturated carbocycles. The molecule has 96 valence electrons. The molecule has 4 N–H and O–H groups in total. The maximum absolute atomic E-state index is 11.8. The molecule has 2 fully saturated rings. The molecule has 0 aromatic heterocycles. The van der Waals surface area contributed by atoms with E-state index < -0.39 is 17.5 Å². The van der Waals surface area contributed by atoms with Crippen molar-refractivity contribution in [3.05, 3.63) is 0 Å². The molecule has 2 aliphatic rings. The molecule has 0 bridgehead atoms. The highest BCUT2D eigenvalue weighted by Crippen LogP contribution is 2.30. The van der Waals surface area contributed by atoms with Crippen LogP contribution in [0, 0.1) is 5.92 Å². The second-order valence-corrected chi connectivity index (χ2v) is 5.27. The minimum atomic E-state index is -0.946. The van der Waals surface area contributed by atoms with Crippen LogP contribution in [0.25, 0.3) is 0 Å². The molecular weight excluding hydrogens is 220 g/mol. The average molecular weight is 240 g/mol. The Bertz CT molecular complexity index is 324. The van der Waals surface area contributed by atoms with Gasteiger partial charge in [-0.15, -0.1) is 0 Å². The number of esters is 2. The van der Waals surface area contributed by atoms with Gasteiger partial charge in [-0.3, -0.25) is 4.79 Å². The summed E-state index contributed by atoms with van der Waals surface area (Å²) >= 11 is 0. The molecule has 0 saturated heterocycles. The summed E-state index contributed by atoms with van der Waals surface area (Å²) in [7, 11) is 0. The Morgan fingerprint density at radius 2 is 1.76 bits per heavy atom. The molecule has 2 atom stereocenters. The van der Waals surface area contributed by atoms with Crippen LogP contribution in [0.15, 0.2) is 0 Å². The summed E-state index contributed by atoms with van der Waals surface area (Å²) in [5.41, 5.74) is 10.8. The van der Waals surface area contributed by atoms with Crippen molar-refractivity contribution >= 4 is 11.9 Å². The van der Waals surface area contributed by atoms with Crippen molar-refractivity contribution in [3.8, 4) is 0 Å². The highest BCUT2D eigenvalue weighted by Gasteiger charge is 2.41. The van der Waals surface area contributed by atoms with Gasteiger partial charge < -0.3 is 16.2 Å². The number of nitrogens with two attached hydrogens (primary N) is 2. The van der Waals surface area contributed by atoms with Crippen LogP contribution in [-0.2, 0) is 14.3 Å². The Morgan fingerprint density at radius 1 is 1.12 bits per heavy atom. The fourth-order valence-electron chi connectivity index (χ4n) is 2.76. The predicted octanol–water partition coefficient (Wildman–Crippen LogP) is 0.455. The number of carbonyl (C=O) groups is 2. The number of hydrogen-bond donors (Lipinski definition) is 2. The molecule has 2 aliphatic carbocycles. The standard InChI is InChI=1S/C12H20N2O3/c13-9-5-3-4-8(9)10(15)17-11(16)12(14)6-1-2-7-12/h8-9H,1-7,13-14H2/t8-,9+/m1/s1. The quantitative estimate of drug-likeness (QED) is 0.540. The Morgan fingerprint density at radius 3 is 2.29 bits per heavy atom. The van der Waals surface area contributed by atoms with Crippen LogP contribution in [0.2, 0.25) is 0 Å². The first-order valence-electron chi connectivity index (χ1n) is 6.33. The van der Waals surface area contributed by atoms with Gasteiger partial charge in [-0.1, -0.05) is 19.3 Å². The van der Waals surface area contributed by atoms with Crippen LogP contribution in [0.1, 0.15) is 44.9 Å². The predicted molar refractivity (Wildman–Crippen MR) is 61.8 cm³/mol. The molecule has 0 aromatic carbocycles. The molecule has 5 heteroatoms. The monoisotopic (exact) mass is 240 g/mol. The molecule has 0 amide bonds. The molecule has 5 nitrogen and oxygen atoms in total. The first kappa shape index (κ1) is 12.5. The van der Waals surface area contributed by atoms with Crippen molar-refractivity contribution in [1.82, 2.24) is 0 Å². The molecule has 0 spiro atoms. The van der Waals surface area contributed by atoms with Crippen molar-refractivity contribution in [2.24, 2.45) is 17.4 Å². The van der Waals surface area contributed by atoms with E-state index in [0.29, 0.717) is 19.3 Å². The Balaban J connectivity index is 1.92.